The second kappa shape index (κ2) is 7.89. The van der Waals surface area contributed by atoms with Crippen LogP contribution in [0.5, 0.6) is 5.88 Å². The molecular weight excluding hydrogens is 436 g/mol. The summed E-state index contributed by atoms with van der Waals surface area (Å²) in [5.41, 5.74) is 0.497. The molecular formula is C25H34N4O3S. The molecule has 7 nitrogen and oxygen atoms in total. The molecule has 33 heavy (non-hydrogen) atoms. The van der Waals surface area contributed by atoms with Gasteiger partial charge < -0.3 is 14.7 Å². The van der Waals surface area contributed by atoms with E-state index >= 15 is 0 Å². The summed E-state index contributed by atoms with van der Waals surface area (Å²) in [6, 6.07) is 0.428. The van der Waals surface area contributed by atoms with Gasteiger partial charge in [-0.3, -0.25) is 9.69 Å². The molecule has 0 radical (unpaired) electrons. The smallest absolute Gasteiger partial charge is 0.236 e. The highest BCUT2D eigenvalue weighted by atomic mass is 32.1. The highest BCUT2D eigenvalue weighted by Crippen LogP contribution is 2.67. The molecule has 0 bridgehead atoms. The van der Waals surface area contributed by atoms with E-state index in [-0.39, 0.29) is 17.4 Å². The zero-order valence-corrected chi connectivity index (χ0v) is 20.5. The van der Waals surface area contributed by atoms with Gasteiger partial charge in [-0.25, -0.2) is 9.97 Å². The molecule has 3 heterocycles. The number of ether oxygens (including phenoxy) is 1. The van der Waals surface area contributed by atoms with E-state index in [2.05, 4.69) is 21.9 Å². The van der Waals surface area contributed by atoms with Gasteiger partial charge in [-0.05, 0) is 77.3 Å². The van der Waals surface area contributed by atoms with E-state index in [9.17, 15) is 9.90 Å². The van der Waals surface area contributed by atoms with E-state index in [1.807, 2.05) is 11.8 Å². The first-order valence-corrected chi connectivity index (χ1v) is 13.3. The van der Waals surface area contributed by atoms with Crippen LogP contribution in [0.2, 0.25) is 0 Å². The van der Waals surface area contributed by atoms with Gasteiger partial charge in [0.25, 0.3) is 0 Å². The number of carbonyl (C=O) groups excluding carboxylic acids is 1. The Labute approximate surface area is 199 Å². The van der Waals surface area contributed by atoms with Gasteiger partial charge in [0.2, 0.25) is 11.8 Å². The Morgan fingerprint density at radius 2 is 2.00 bits per heavy atom. The second-order valence-electron chi connectivity index (χ2n) is 10.8. The number of amides is 1. The van der Waals surface area contributed by atoms with Crippen LogP contribution < -0.4 is 4.74 Å². The molecule has 1 aliphatic heterocycles. The maximum atomic E-state index is 12.5. The van der Waals surface area contributed by atoms with Crippen molar-refractivity contribution >= 4 is 27.5 Å². The van der Waals surface area contributed by atoms with Crippen molar-refractivity contribution in [1.29, 1.82) is 0 Å². The zero-order valence-electron chi connectivity index (χ0n) is 19.7. The maximum absolute atomic E-state index is 12.5. The highest BCUT2D eigenvalue weighted by molar-refractivity contribution is 7.19. The normalized spacial score (nSPS) is 33.3. The Hall–Kier alpha value is -1.77. The van der Waals surface area contributed by atoms with Gasteiger partial charge in [0.1, 0.15) is 17.3 Å². The van der Waals surface area contributed by atoms with Crippen LogP contribution in [0.15, 0.2) is 6.33 Å². The molecule has 1 saturated heterocycles. The summed E-state index contributed by atoms with van der Waals surface area (Å²) in [5.74, 6) is 0.968. The molecule has 1 spiro atoms. The Bertz CT molecular complexity index is 1070. The number of likely N-dealkylation sites (N-methyl/N-ethyl adjacent to an activating group) is 1. The lowest BCUT2D eigenvalue weighted by atomic mass is 9.91. The van der Waals surface area contributed by atoms with Crippen LogP contribution in [-0.2, 0) is 16.6 Å². The summed E-state index contributed by atoms with van der Waals surface area (Å²) in [7, 11) is 2.09. The van der Waals surface area contributed by atoms with Crippen molar-refractivity contribution in [2.24, 2.45) is 0 Å². The summed E-state index contributed by atoms with van der Waals surface area (Å²) in [6.07, 6.45) is 10.9. The largest absolute Gasteiger partial charge is 0.474 e. The molecule has 1 N–H and O–H groups in total. The lowest BCUT2D eigenvalue weighted by Gasteiger charge is -2.35. The summed E-state index contributed by atoms with van der Waals surface area (Å²) in [4.78, 5) is 28.2. The van der Waals surface area contributed by atoms with E-state index in [1.54, 1.807) is 17.7 Å². The van der Waals surface area contributed by atoms with E-state index in [4.69, 9.17) is 4.74 Å². The molecule has 2 aromatic rings. The number of aryl methyl sites for hydroxylation is 1. The van der Waals surface area contributed by atoms with Crippen molar-refractivity contribution in [3.05, 3.63) is 16.8 Å². The van der Waals surface area contributed by atoms with Crippen LogP contribution in [0.1, 0.15) is 68.7 Å². The van der Waals surface area contributed by atoms with E-state index in [0.29, 0.717) is 18.5 Å². The van der Waals surface area contributed by atoms with Crippen molar-refractivity contribution in [3.63, 3.8) is 0 Å². The minimum atomic E-state index is -0.630. The Kier molecular flexibility index (Phi) is 5.20. The predicted octanol–water partition coefficient (Wildman–Crippen LogP) is 3.27. The van der Waals surface area contributed by atoms with Crippen LogP contribution in [-0.4, -0.2) is 75.2 Å². The average Bonchev–Trinajstić information content (AvgIpc) is 3.29. The molecule has 8 heteroatoms. The van der Waals surface area contributed by atoms with Crippen molar-refractivity contribution in [3.8, 4) is 5.88 Å². The average molecular weight is 471 g/mol. The predicted molar refractivity (Wildman–Crippen MR) is 128 cm³/mol. The Morgan fingerprint density at radius 1 is 1.27 bits per heavy atom. The monoisotopic (exact) mass is 470 g/mol. The van der Waals surface area contributed by atoms with Crippen LogP contribution in [0.4, 0.5) is 0 Å². The van der Waals surface area contributed by atoms with Gasteiger partial charge >= 0.3 is 0 Å². The molecule has 3 fully saturated rings. The van der Waals surface area contributed by atoms with Crippen molar-refractivity contribution in [1.82, 2.24) is 19.8 Å². The standard InChI is InChI=1S/C25H34N4O3S/c1-24(31)14-25(24)10-9-18-21(25)20-22(26-15-27-23(20)33-18)32-17-7-5-16(6-8-17)28(2)13-19(30)29-11-3-4-12-29/h15-17,31H,3-14H2,1-2H3/t16?,17?,24-,25?/m0/s1. The van der Waals surface area contributed by atoms with Crippen LogP contribution in [0, 0.1) is 0 Å². The van der Waals surface area contributed by atoms with Gasteiger partial charge in [-0.15, -0.1) is 11.3 Å². The lowest BCUT2D eigenvalue weighted by Crippen LogP contribution is -2.44. The number of rotatable bonds is 5. The third-order valence-electron chi connectivity index (χ3n) is 8.72. The summed E-state index contributed by atoms with van der Waals surface area (Å²) < 4.78 is 6.51. The van der Waals surface area contributed by atoms with Crippen LogP contribution in [0.3, 0.4) is 0 Å². The maximum Gasteiger partial charge on any atom is 0.236 e. The first kappa shape index (κ1) is 21.7. The first-order chi connectivity index (χ1) is 15.9. The van der Waals surface area contributed by atoms with Gasteiger partial charge in [-0.1, -0.05) is 0 Å². The molecule has 4 aliphatic rings. The quantitative estimate of drug-likeness (QED) is 0.723. The highest BCUT2D eigenvalue weighted by Gasteiger charge is 2.68. The summed E-state index contributed by atoms with van der Waals surface area (Å²) in [6.45, 7) is 4.32. The van der Waals surface area contributed by atoms with Crippen molar-refractivity contribution < 1.29 is 14.6 Å². The molecule has 2 atom stereocenters. The van der Waals surface area contributed by atoms with E-state index < -0.39 is 5.60 Å². The van der Waals surface area contributed by atoms with Gasteiger partial charge in [0.05, 0.1) is 17.5 Å². The number of nitrogens with zero attached hydrogens (tertiary/aromatic N) is 4. The number of carbonyl (C=O) groups is 1. The Balaban J connectivity index is 1.13. The number of hydrogen-bond donors (Lipinski definition) is 1. The van der Waals surface area contributed by atoms with Gasteiger partial charge in [-0.2, -0.15) is 0 Å². The fraction of sp³-hybridized carbons (Fsp3) is 0.720. The van der Waals surface area contributed by atoms with Gasteiger partial charge in [0.15, 0.2) is 0 Å². The van der Waals surface area contributed by atoms with Crippen LogP contribution >= 0.6 is 11.3 Å². The zero-order chi connectivity index (χ0) is 22.8. The van der Waals surface area contributed by atoms with Crippen LogP contribution in [0.25, 0.3) is 10.2 Å². The fourth-order valence-electron chi connectivity index (χ4n) is 6.61. The molecule has 178 valence electrons. The second-order valence-corrected chi connectivity index (χ2v) is 11.9. The third kappa shape index (κ3) is 3.56. The number of thiophene rings is 1. The fourth-order valence-corrected chi connectivity index (χ4v) is 7.83. The molecule has 1 unspecified atom stereocenters. The number of aromatic nitrogens is 2. The molecule has 2 saturated carbocycles. The van der Waals surface area contributed by atoms with E-state index in [1.165, 1.54) is 10.4 Å². The summed E-state index contributed by atoms with van der Waals surface area (Å²) in [5, 5.41) is 11.9. The number of aliphatic hydroxyl groups is 1. The van der Waals surface area contributed by atoms with Crippen molar-refractivity contribution in [2.45, 2.75) is 87.9 Å². The molecule has 6 rings (SSSR count). The number of hydrogen-bond acceptors (Lipinski definition) is 7. The number of likely N-dealkylation sites (tertiary alicyclic amines) is 1. The number of fused-ring (bicyclic) bond motifs is 4. The van der Waals surface area contributed by atoms with Gasteiger partial charge in [0, 0.05) is 29.4 Å². The molecule has 1 amide bonds. The molecule has 0 aromatic carbocycles. The lowest BCUT2D eigenvalue weighted by molar-refractivity contribution is -0.131. The third-order valence-corrected chi connectivity index (χ3v) is 9.88. The van der Waals surface area contributed by atoms with Crippen molar-refractivity contribution in [2.75, 3.05) is 26.7 Å². The topological polar surface area (TPSA) is 78.8 Å². The first-order valence-electron chi connectivity index (χ1n) is 12.5. The Morgan fingerprint density at radius 3 is 2.70 bits per heavy atom. The minimum Gasteiger partial charge on any atom is -0.474 e. The molecule has 2 aromatic heterocycles. The van der Waals surface area contributed by atoms with E-state index in [0.717, 1.165) is 81.1 Å². The SMILES string of the molecule is CN(CC(=O)N1CCCC1)C1CCC(Oc2ncnc3sc4c(c23)C2(CC4)C[C@]2(C)O)CC1. The summed E-state index contributed by atoms with van der Waals surface area (Å²) >= 11 is 1.74. The minimum absolute atomic E-state index is 0.133. The molecule has 3 aliphatic carbocycles.